The first-order chi connectivity index (χ1) is 5.76. The number of Topliss-reactive ketones (excluding diaryl/α,β-unsaturated/α-hetero) is 1. The molecule has 2 nitrogen and oxygen atoms in total. The lowest BCUT2D eigenvalue weighted by Gasteiger charge is -1.98. The number of ketones is 1. The van der Waals surface area contributed by atoms with Gasteiger partial charge in [-0.15, -0.1) is 0 Å². The van der Waals surface area contributed by atoms with E-state index in [-0.39, 0.29) is 5.78 Å². The zero-order valence-electron chi connectivity index (χ0n) is 7.63. The Labute approximate surface area is 73.7 Å². The molecule has 0 radical (unpaired) electrons. The zero-order chi connectivity index (χ0) is 9.40. The van der Waals surface area contributed by atoms with Crippen molar-refractivity contribution in [1.82, 2.24) is 5.32 Å². The SMILES string of the molecule is C=C/C(=C\C=C/C)C(=O)CNC. The van der Waals surface area contributed by atoms with Gasteiger partial charge in [0.1, 0.15) is 0 Å². The van der Waals surface area contributed by atoms with Crippen LogP contribution in [0.3, 0.4) is 0 Å². The van der Waals surface area contributed by atoms with E-state index in [1.54, 1.807) is 19.2 Å². The monoisotopic (exact) mass is 165 g/mol. The smallest absolute Gasteiger partial charge is 0.176 e. The van der Waals surface area contributed by atoms with Crippen molar-refractivity contribution in [2.24, 2.45) is 0 Å². The van der Waals surface area contributed by atoms with Crippen LogP contribution in [0, 0.1) is 0 Å². The van der Waals surface area contributed by atoms with Crippen molar-refractivity contribution >= 4 is 5.78 Å². The second-order valence-corrected chi connectivity index (χ2v) is 2.31. The van der Waals surface area contributed by atoms with E-state index in [4.69, 9.17) is 0 Å². The molecule has 0 aliphatic rings. The van der Waals surface area contributed by atoms with E-state index in [1.165, 1.54) is 0 Å². The van der Waals surface area contributed by atoms with Crippen LogP contribution in [0.5, 0.6) is 0 Å². The third-order valence-corrected chi connectivity index (χ3v) is 1.35. The fraction of sp³-hybridized carbons (Fsp3) is 0.300. The highest BCUT2D eigenvalue weighted by Gasteiger charge is 2.01. The largest absolute Gasteiger partial charge is 0.313 e. The van der Waals surface area contributed by atoms with Crippen LogP contribution >= 0.6 is 0 Å². The molecule has 2 heteroatoms. The number of hydrogen-bond donors (Lipinski definition) is 1. The van der Waals surface area contributed by atoms with E-state index in [0.29, 0.717) is 12.1 Å². The Balaban J connectivity index is 4.33. The summed E-state index contributed by atoms with van der Waals surface area (Å²) >= 11 is 0. The quantitative estimate of drug-likeness (QED) is 0.493. The maximum absolute atomic E-state index is 11.2. The van der Waals surface area contributed by atoms with Crippen molar-refractivity contribution in [2.45, 2.75) is 6.92 Å². The Bertz CT molecular complexity index is 214. The molecule has 0 saturated carbocycles. The van der Waals surface area contributed by atoms with Gasteiger partial charge in [0, 0.05) is 5.57 Å². The minimum absolute atomic E-state index is 0.0607. The minimum atomic E-state index is 0.0607. The van der Waals surface area contributed by atoms with Gasteiger partial charge >= 0.3 is 0 Å². The highest BCUT2D eigenvalue weighted by molar-refractivity contribution is 5.99. The van der Waals surface area contributed by atoms with Crippen LogP contribution in [-0.4, -0.2) is 19.4 Å². The highest BCUT2D eigenvalue weighted by atomic mass is 16.1. The zero-order valence-corrected chi connectivity index (χ0v) is 7.63. The van der Waals surface area contributed by atoms with Gasteiger partial charge in [-0.3, -0.25) is 4.79 Å². The molecule has 1 N–H and O–H groups in total. The molecular weight excluding hydrogens is 150 g/mol. The Morgan fingerprint density at radius 3 is 2.67 bits per heavy atom. The van der Waals surface area contributed by atoms with Crippen molar-refractivity contribution in [3.8, 4) is 0 Å². The first-order valence-corrected chi connectivity index (χ1v) is 3.89. The Morgan fingerprint density at radius 1 is 1.58 bits per heavy atom. The Hall–Kier alpha value is -1.15. The van der Waals surface area contributed by atoms with Crippen molar-refractivity contribution in [3.05, 3.63) is 36.5 Å². The predicted octanol–water partition coefficient (Wildman–Crippen LogP) is 1.46. The van der Waals surface area contributed by atoms with Crippen LogP contribution in [0.2, 0.25) is 0 Å². The molecule has 0 aromatic heterocycles. The number of allylic oxidation sites excluding steroid dienone is 4. The summed E-state index contributed by atoms with van der Waals surface area (Å²) in [7, 11) is 1.74. The standard InChI is InChI=1S/C10H15NO/c1-4-6-7-9(5-2)10(12)8-11-3/h4-7,11H,2,8H2,1,3H3/b6-4-,9-7+. The molecule has 0 bridgehead atoms. The molecule has 0 heterocycles. The third-order valence-electron chi connectivity index (χ3n) is 1.35. The molecule has 0 aliphatic carbocycles. The van der Waals surface area contributed by atoms with Gasteiger partial charge in [0.25, 0.3) is 0 Å². The molecule has 0 amide bonds. The number of hydrogen-bond acceptors (Lipinski definition) is 2. The lowest BCUT2D eigenvalue weighted by molar-refractivity contribution is -0.114. The van der Waals surface area contributed by atoms with E-state index in [2.05, 4.69) is 11.9 Å². The van der Waals surface area contributed by atoms with Gasteiger partial charge in [-0.1, -0.05) is 30.9 Å². The van der Waals surface area contributed by atoms with Crippen LogP contribution in [-0.2, 0) is 4.79 Å². The predicted molar refractivity (Wildman–Crippen MR) is 52.0 cm³/mol. The second-order valence-electron chi connectivity index (χ2n) is 2.31. The summed E-state index contributed by atoms with van der Waals surface area (Å²) in [6, 6.07) is 0. The van der Waals surface area contributed by atoms with Gasteiger partial charge in [-0.05, 0) is 14.0 Å². The summed E-state index contributed by atoms with van der Waals surface area (Å²) in [5, 5.41) is 2.80. The summed E-state index contributed by atoms with van der Waals surface area (Å²) in [4.78, 5) is 11.2. The molecule has 0 fully saturated rings. The molecular formula is C10H15NO. The first kappa shape index (κ1) is 10.8. The summed E-state index contributed by atoms with van der Waals surface area (Å²) < 4.78 is 0. The second kappa shape index (κ2) is 6.55. The van der Waals surface area contributed by atoms with E-state index in [1.807, 2.05) is 19.1 Å². The summed E-state index contributed by atoms with van der Waals surface area (Å²) in [5.41, 5.74) is 0.641. The fourth-order valence-electron chi connectivity index (χ4n) is 0.737. The topological polar surface area (TPSA) is 29.1 Å². The van der Waals surface area contributed by atoms with Gasteiger partial charge in [-0.2, -0.15) is 0 Å². The molecule has 12 heavy (non-hydrogen) atoms. The fourth-order valence-corrected chi connectivity index (χ4v) is 0.737. The molecule has 0 spiro atoms. The average molecular weight is 165 g/mol. The summed E-state index contributed by atoms with van der Waals surface area (Å²) in [6.07, 6.45) is 7.02. The van der Waals surface area contributed by atoms with Crippen LogP contribution in [0.25, 0.3) is 0 Å². The average Bonchev–Trinajstić information content (AvgIpc) is 2.06. The number of carbonyl (C=O) groups is 1. The van der Waals surface area contributed by atoms with E-state index in [0.717, 1.165) is 0 Å². The van der Waals surface area contributed by atoms with E-state index < -0.39 is 0 Å². The van der Waals surface area contributed by atoms with Crippen molar-refractivity contribution < 1.29 is 4.79 Å². The maximum atomic E-state index is 11.2. The molecule has 0 saturated heterocycles. The van der Waals surface area contributed by atoms with Crippen LogP contribution in [0.1, 0.15) is 6.92 Å². The Morgan fingerprint density at radius 2 is 2.25 bits per heavy atom. The lowest BCUT2D eigenvalue weighted by Crippen LogP contribution is -2.19. The van der Waals surface area contributed by atoms with Gasteiger partial charge in [-0.25, -0.2) is 0 Å². The molecule has 0 aliphatic heterocycles. The van der Waals surface area contributed by atoms with E-state index in [9.17, 15) is 4.79 Å². The highest BCUT2D eigenvalue weighted by Crippen LogP contribution is 1.97. The van der Waals surface area contributed by atoms with Crippen molar-refractivity contribution in [2.75, 3.05) is 13.6 Å². The molecule has 0 aromatic rings. The van der Waals surface area contributed by atoms with Crippen molar-refractivity contribution in [1.29, 1.82) is 0 Å². The summed E-state index contributed by atoms with van der Waals surface area (Å²) in [6.45, 7) is 5.83. The molecule has 66 valence electrons. The normalized spacial score (nSPS) is 12.0. The Kier molecular flexibility index (Phi) is 5.93. The molecule has 0 unspecified atom stereocenters. The van der Waals surface area contributed by atoms with Gasteiger partial charge < -0.3 is 5.32 Å². The van der Waals surface area contributed by atoms with Gasteiger partial charge in [0.15, 0.2) is 5.78 Å². The molecule has 0 atom stereocenters. The number of rotatable bonds is 5. The van der Waals surface area contributed by atoms with Gasteiger partial charge in [0.05, 0.1) is 6.54 Å². The maximum Gasteiger partial charge on any atom is 0.176 e. The molecule has 0 rings (SSSR count). The number of likely N-dealkylation sites (N-methyl/N-ethyl adjacent to an activating group) is 1. The number of carbonyl (C=O) groups excluding carboxylic acids is 1. The minimum Gasteiger partial charge on any atom is -0.313 e. The van der Waals surface area contributed by atoms with Crippen LogP contribution < -0.4 is 5.32 Å². The third kappa shape index (κ3) is 3.88. The van der Waals surface area contributed by atoms with Gasteiger partial charge in [0.2, 0.25) is 0 Å². The van der Waals surface area contributed by atoms with E-state index >= 15 is 0 Å². The van der Waals surface area contributed by atoms with Crippen LogP contribution in [0.4, 0.5) is 0 Å². The molecule has 0 aromatic carbocycles. The lowest BCUT2D eigenvalue weighted by atomic mass is 10.1. The van der Waals surface area contributed by atoms with Crippen molar-refractivity contribution in [3.63, 3.8) is 0 Å². The first-order valence-electron chi connectivity index (χ1n) is 3.89. The summed E-state index contributed by atoms with van der Waals surface area (Å²) in [5.74, 6) is 0.0607. The number of nitrogens with one attached hydrogen (secondary N) is 1. The van der Waals surface area contributed by atoms with Crippen LogP contribution in [0.15, 0.2) is 36.5 Å².